The molecule has 0 saturated heterocycles. The summed E-state index contributed by atoms with van der Waals surface area (Å²) in [5, 5.41) is 0. The summed E-state index contributed by atoms with van der Waals surface area (Å²) in [4.78, 5) is 0. The molecule has 0 amide bonds. The normalized spacial score (nSPS) is 26.9. The van der Waals surface area contributed by atoms with Gasteiger partial charge >= 0.3 is 0 Å². The van der Waals surface area contributed by atoms with E-state index >= 15 is 0 Å². The first-order valence-corrected chi connectivity index (χ1v) is 9.03. The lowest BCUT2D eigenvalue weighted by Crippen LogP contribution is -2.40. The van der Waals surface area contributed by atoms with Crippen LogP contribution in [0, 0.1) is 5.92 Å². The van der Waals surface area contributed by atoms with E-state index in [4.69, 9.17) is 4.43 Å². The van der Waals surface area contributed by atoms with Crippen LogP contribution in [0.2, 0.25) is 18.1 Å². The van der Waals surface area contributed by atoms with Crippen molar-refractivity contribution in [3.63, 3.8) is 0 Å². The van der Waals surface area contributed by atoms with Crippen LogP contribution in [0.25, 0.3) is 0 Å². The van der Waals surface area contributed by atoms with Crippen molar-refractivity contribution in [1.82, 2.24) is 0 Å². The molecule has 1 aliphatic rings. The highest BCUT2D eigenvalue weighted by atomic mass is 28.4. The molecule has 0 radical (unpaired) electrons. The van der Waals surface area contributed by atoms with Gasteiger partial charge in [0.25, 0.3) is 0 Å². The van der Waals surface area contributed by atoms with Crippen molar-refractivity contribution in [2.45, 2.75) is 64.8 Å². The van der Waals surface area contributed by atoms with Gasteiger partial charge in [-0.25, -0.2) is 0 Å². The summed E-state index contributed by atoms with van der Waals surface area (Å²) < 4.78 is 6.45. The number of allylic oxidation sites excluding steroid dienone is 1. The van der Waals surface area contributed by atoms with Crippen LogP contribution in [0.15, 0.2) is 12.2 Å². The van der Waals surface area contributed by atoms with Crippen LogP contribution in [0.4, 0.5) is 0 Å². The summed E-state index contributed by atoms with van der Waals surface area (Å²) in [6, 6.07) is 3.79. The second kappa shape index (κ2) is 5.85. The van der Waals surface area contributed by atoms with Crippen LogP contribution in [0.5, 0.6) is 0 Å². The van der Waals surface area contributed by atoms with Gasteiger partial charge in [0.15, 0.2) is 8.32 Å². The van der Waals surface area contributed by atoms with E-state index in [2.05, 4.69) is 39.8 Å². The SMILES string of the molecule is CC[Si](CC)(CC)O[C@H]1C=CC[C@@H](C)C1. The maximum absolute atomic E-state index is 6.45. The fourth-order valence-electron chi connectivity index (χ4n) is 2.44. The van der Waals surface area contributed by atoms with Crippen molar-refractivity contribution in [2.24, 2.45) is 5.92 Å². The Labute approximate surface area is 96.0 Å². The van der Waals surface area contributed by atoms with Crippen molar-refractivity contribution in [2.75, 3.05) is 0 Å². The van der Waals surface area contributed by atoms with Gasteiger partial charge in [0.2, 0.25) is 0 Å². The molecule has 1 aliphatic carbocycles. The highest BCUT2D eigenvalue weighted by molar-refractivity contribution is 6.73. The van der Waals surface area contributed by atoms with E-state index in [1.807, 2.05) is 0 Å². The van der Waals surface area contributed by atoms with Gasteiger partial charge in [0, 0.05) is 0 Å². The predicted molar refractivity (Wildman–Crippen MR) is 69.6 cm³/mol. The zero-order valence-electron chi connectivity index (χ0n) is 10.8. The summed E-state index contributed by atoms with van der Waals surface area (Å²) in [6.45, 7) is 9.23. The number of hydrogen-bond acceptors (Lipinski definition) is 1. The smallest absolute Gasteiger partial charge is 0.192 e. The Morgan fingerprint density at radius 3 is 2.27 bits per heavy atom. The van der Waals surface area contributed by atoms with Gasteiger partial charge in [-0.15, -0.1) is 0 Å². The third-order valence-electron chi connectivity index (χ3n) is 3.86. The summed E-state index contributed by atoms with van der Waals surface area (Å²) in [6.07, 6.45) is 7.48. The second-order valence-corrected chi connectivity index (χ2v) is 9.63. The second-order valence-electron chi connectivity index (χ2n) is 4.90. The topological polar surface area (TPSA) is 9.23 Å². The van der Waals surface area contributed by atoms with E-state index in [1.54, 1.807) is 0 Å². The van der Waals surface area contributed by atoms with E-state index < -0.39 is 8.32 Å². The van der Waals surface area contributed by atoms with E-state index in [0.717, 1.165) is 5.92 Å². The molecule has 0 fully saturated rings. The zero-order valence-corrected chi connectivity index (χ0v) is 11.8. The van der Waals surface area contributed by atoms with E-state index in [-0.39, 0.29) is 0 Å². The van der Waals surface area contributed by atoms with Crippen molar-refractivity contribution in [3.8, 4) is 0 Å². The van der Waals surface area contributed by atoms with Gasteiger partial charge in [-0.1, -0.05) is 39.8 Å². The van der Waals surface area contributed by atoms with Crippen LogP contribution in [0.3, 0.4) is 0 Å². The Hall–Kier alpha value is -0.0831. The molecule has 0 bridgehead atoms. The number of rotatable bonds is 5. The predicted octanol–water partition coefficient (Wildman–Crippen LogP) is 4.36. The Bertz CT molecular complexity index is 200. The van der Waals surface area contributed by atoms with Gasteiger partial charge in [0.1, 0.15) is 0 Å². The third-order valence-corrected chi connectivity index (χ3v) is 8.53. The van der Waals surface area contributed by atoms with Gasteiger partial charge in [-0.05, 0) is 36.9 Å². The summed E-state index contributed by atoms with van der Waals surface area (Å²) in [7, 11) is -1.39. The van der Waals surface area contributed by atoms with E-state index in [1.165, 1.54) is 31.0 Å². The monoisotopic (exact) mass is 226 g/mol. The van der Waals surface area contributed by atoms with Crippen LogP contribution >= 0.6 is 0 Å². The molecule has 0 unspecified atom stereocenters. The van der Waals surface area contributed by atoms with Crippen molar-refractivity contribution in [3.05, 3.63) is 12.2 Å². The highest BCUT2D eigenvalue weighted by Gasteiger charge is 2.32. The van der Waals surface area contributed by atoms with Crippen LogP contribution in [-0.4, -0.2) is 14.4 Å². The quantitative estimate of drug-likeness (QED) is 0.500. The van der Waals surface area contributed by atoms with Crippen LogP contribution in [-0.2, 0) is 4.43 Å². The minimum Gasteiger partial charge on any atom is -0.411 e. The molecule has 0 aliphatic heterocycles. The molecule has 0 spiro atoms. The van der Waals surface area contributed by atoms with E-state index in [9.17, 15) is 0 Å². The molecule has 1 rings (SSSR count). The Morgan fingerprint density at radius 2 is 1.80 bits per heavy atom. The first kappa shape index (κ1) is 13.0. The Kier molecular flexibility index (Phi) is 5.07. The molecule has 0 heterocycles. The zero-order chi connectivity index (χ0) is 11.3. The Morgan fingerprint density at radius 1 is 1.20 bits per heavy atom. The lowest BCUT2D eigenvalue weighted by atomic mass is 9.95. The van der Waals surface area contributed by atoms with Crippen molar-refractivity contribution in [1.29, 1.82) is 0 Å². The average Bonchev–Trinajstić information content (AvgIpc) is 2.26. The molecule has 0 N–H and O–H groups in total. The lowest BCUT2D eigenvalue weighted by Gasteiger charge is -2.34. The van der Waals surface area contributed by atoms with Crippen molar-refractivity contribution < 1.29 is 4.43 Å². The molecular weight excluding hydrogens is 200 g/mol. The molecule has 0 aromatic carbocycles. The van der Waals surface area contributed by atoms with Crippen molar-refractivity contribution >= 4 is 8.32 Å². The summed E-state index contributed by atoms with van der Waals surface area (Å²) >= 11 is 0. The maximum atomic E-state index is 6.45. The van der Waals surface area contributed by atoms with Gasteiger partial charge < -0.3 is 4.43 Å². The molecule has 2 atom stereocenters. The Balaban J connectivity index is 2.58. The third kappa shape index (κ3) is 3.46. The van der Waals surface area contributed by atoms with Gasteiger partial charge in [-0.2, -0.15) is 0 Å². The van der Waals surface area contributed by atoms with Crippen LogP contribution in [0.1, 0.15) is 40.5 Å². The molecular formula is C13H26OSi. The average molecular weight is 226 g/mol. The molecule has 88 valence electrons. The maximum Gasteiger partial charge on any atom is 0.192 e. The lowest BCUT2D eigenvalue weighted by molar-refractivity contribution is 0.193. The van der Waals surface area contributed by atoms with Gasteiger partial charge in [0.05, 0.1) is 6.10 Å². The highest BCUT2D eigenvalue weighted by Crippen LogP contribution is 2.28. The number of hydrogen-bond donors (Lipinski definition) is 0. The van der Waals surface area contributed by atoms with Crippen LogP contribution < -0.4 is 0 Å². The first-order chi connectivity index (χ1) is 7.15. The fraction of sp³-hybridized carbons (Fsp3) is 0.846. The first-order valence-electron chi connectivity index (χ1n) is 6.50. The fourth-order valence-corrected chi connectivity index (χ4v) is 5.26. The minimum atomic E-state index is -1.39. The standard InChI is InChI=1S/C13H26OSi/c1-5-15(6-2,7-3)14-13-10-8-9-12(4)11-13/h8,10,12-13H,5-7,9,11H2,1-4H3/t12-,13+/m1/s1. The molecule has 0 aromatic heterocycles. The molecule has 15 heavy (non-hydrogen) atoms. The molecule has 1 nitrogen and oxygen atoms in total. The van der Waals surface area contributed by atoms with E-state index in [0.29, 0.717) is 6.10 Å². The molecule has 0 aromatic rings. The molecule has 0 saturated carbocycles. The summed E-state index contributed by atoms with van der Waals surface area (Å²) in [5.41, 5.74) is 0. The summed E-state index contributed by atoms with van der Waals surface area (Å²) in [5.74, 6) is 0.803. The van der Waals surface area contributed by atoms with Gasteiger partial charge in [-0.3, -0.25) is 0 Å². The largest absolute Gasteiger partial charge is 0.411 e. The molecule has 2 heteroatoms. The minimum absolute atomic E-state index is 0.417.